The predicted molar refractivity (Wildman–Crippen MR) is 83.7 cm³/mol. The molecule has 0 aromatic rings. The van der Waals surface area contributed by atoms with Crippen molar-refractivity contribution >= 4 is 11.8 Å². The lowest BCUT2D eigenvalue weighted by molar-refractivity contribution is -0.155. The summed E-state index contributed by atoms with van der Waals surface area (Å²) in [6.07, 6.45) is 3.45. The summed E-state index contributed by atoms with van der Waals surface area (Å²) < 4.78 is 0. The number of hydrogen-bond donors (Lipinski definition) is 1. The molecule has 2 atom stereocenters. The van der Waals surface area contributed by atoms with Crippen molar-refractivity contribution in [1.82, 2.24) is 10.2 Å². The number of piperazine rings is 1. The summed E-state index contributed by atoms with van der Waals surface area (Å²) in [6, 6.07) is -0.729. The normalized spacial score (nSPS) is 28.8. The van der Waals surface area contributed by atoms with Crippen molar-refractivity contribution in [3.63, 3.8) is 0 Å². The lowest BCUT2D eigenvalue weighted by Crippen LogP contribution is -2.68. The summed E-state index contributed by atoms with van der Waals surface area (Å²) in [4.78, 5) is 27.4. The SMILES string of the molecule is CCC1(CN2C(=O)C(C(C)(C)C)NC(=O)C2C(C)C)CC1. The van der Waals surface area contributed by atoms with Gasteiger partial charge in [-0.15, -0.1) is 0 Å². The van der Waals surface area contributed by atoms with Gasteiger partial charge in [0.05, 0.1) is 0 Å². The lowest BCUT2D eigenvalue weighted by atomic mass is 9.82. The number of carbonyl (C=O) groups is 2. The molecule has 2 amide bonds. The monoisotopic (exact) mass is 294 g/mol. The molecule has 1 saturated carbocycles. The van der Waals surface area contributed by atoms with Crippen molar-refractivity contribution in [2.24, 2.45) is 16.7 Å². The Morgan fingerprint density at radius 1 is 1.29 bits per heavy atom. The van der Waals surface area contributed by atoms with E-state index in [1.165, 1.54) is 12.8 Å². The average molecular weight is 294 g/mol. The van der Waals surface area contributed by atoms with E-state index in [2.05, 4.69) is 12.2 Å². The van der Waals surface area contributed by atoms with Gasteiger partial charge < -0.3 is 10.2 Å². The van der Waals surface area contributed by atoms with Crippen molar-refractivity contribution in [2.45, 2.75) is 72.9 Å². The van der Waals surface area contributed by atoms with Crippen molar-refractivity contribution in [1.29, 1.82) is 0 Å². The van der Waals surface area contributed by atoms with Crippen LogP contribution in [0.2, 0.25) is 0 Å². The highest BCUT2D eigenvalue weighted by Gasteiger charge is 2.51. The summed E-state index contributed by atoms with van der Waals surface area (Å²) in [6.45, 7) is 13.0. The van der Waals surface area contributed by atoms with E-state index in [1.54, 1.807) is 0 Å². The number of hydrogen-bond acceptors (Lipinski definition) is 2. The number of rotatable bonds is 4. The van der Waals surface area contributed by atoms with E-state index < -0.39 is 6.04 Å². The van der Waals surface area contributed by atoms with Gasteiger partial charge in [0.25, 0.3) is 0 Å². The Bertz CT molecular complexity index is 433. The fraction of sp³-hybridized carbons (Fsp3) is 0.882. The summed E-state index contributed by atoms with van der Waals surface area (Å²) in [7, 11) is 0. The molecule has 1 N–H and O–H groups in total. The maximum Gasteiger partial charge on any atom is 0.246 e. The molecule has 1 aliphatic heterocycles. The van der Waals surface area contributed by atoms with Crippen LogP contribution < -0.4 is 5.32 Å². The molecule has 120 valence electrons. The largest absolute Gasteiger partial charge is 0.342 e. The van der Waals surface area contributed by atoms with Gasteiger partial charge in [0, 0.05) is 6.54 Å². The zero-order valence-electron chi connectivity index (χ0n) is 14.3. The molecule has 2 aliphatic rings. The maximum atomic E-state index is 13.0. The van der Waals surface area contributed by atoms with Gasteiger partial charge in [0.1, 0.15) is 12.1 Å². The van der Waals surface area contributed by atoms with Crippen molar-refractivity contribution in [2.75, 3.05) is 6.54 Å². The Labute approximate surface area is 128 Å². The van der Waals surface area contributed by atoms with Crippen molar-refractivity contribution in [3.05, 3.63) is 0 Å². The number of carbonyl (C=O) groups excluding carboxylic acids is 2. The minimum Gasteiger partial charge on any atom is -0.342 e. The minimum absolute atomic E-state index is 0.0106. The molecule has 1 heterocycles. The highest BCUT2D eigenvalue weighted by atomic mass is 16.2. The molecule has 4 nitrogen and oxygen atoms in total. The van der Waals surface area contributed by atoms with E-state index >= 15 is 0 Å². The second-order valence-electron chi connectivity index (χ2n) is 8.32. The van der Waals surface area contributed by atoms with Crippen LogP contribution in [0, 0.1) is 16.7 Å². The first-order chi connectivity index (χ1) is 9.61. The Kier molecular flexibility index (Phi) is 4.11. The zero-order valence-corrected chi connectivity index (χ0v) is 14.3. The standard InChI is InChI=1S/C17H30N2O2/c1-7-17(8-9-17)10-19-12(11(2)3)14(20)18-13(15(19)21)16(4,5)6/h11-13H,7-10H2,1-6H3,(H,18,20). The Hall–Kier alpha value is -1.06. The Morgan fingerprint density at radius 3 is 2.24 bits per heavy atom. The molecular weight excluding hydrogens is 264 g/mol. The number of amides is 2. The molecule has 1 aliphatic carbocycles. The summed E-state index contributed by atoms with van der Waals surface area (Å²) in [5.74, 6) is 0.250. The molecule has 0 aromatic heterocycles. The Morgan fingerprint density at radius 2 is 1.86 bits per heavy atom. The van der Waals surface area contributed by atoms with Crippen LogP contribution in [-0.2, 0) is 9.59 Å². The maximum absolute atomic E-state index is 13.0. The summed E-state index contributed by atoms with van der Waals surface area (Å²) in [5.41, 5.74) is 0.0126. The van der Waals surface area contributed by atoms with E-state index in [0.717, 1.165) is 13.0 Å². The second kappa shape index (κ2) is 5.29. The van der Waals surface area contributed by atoms with Crippen LogP contribution in [0.5, 0.6) is 0 Å². The minimum atomic E-state index is -0.410. The van der Waals surface area contributed by atoms with E-state index in [-0.39, 0.29) is 34.6 Å². The molecule has 4 heteroatoms. The first-order valence-electron chi connectivity index (χ1n) is 8.22. The third-order valence-electron chi connectivity index (χ3n) is 5.13. The Balaban J connectivity index is 2.29. The third-order valence-corrected chi connectivity index (χ3v) is 5.13. The van der Waals surface area contributed by atoms with E-state index in [0.29, 0.717) is 0 Å². The fourth-order valence-electron chi connectivity index (χ4n) is 3.32. The summed E-state index contributed by atoms with van der Waals surface area (Å²) >= 11 is 0. The van der Waals surface area contributed by atoms with Gasteiger partial charge in [-0.25, -0.2) is 0 Å². The first kappa shape index (κ1) is 16.3. The molecule has 1 saturated heterocycles. The van der Waals surface area contributed by atoms with Crippen molar-refractivity contribution in [3.8, 4) is 0 Å². The van der Waals surface area contributed by atoms with Crippen molar-refractivity contribution < 1.29 is 9.59 Å². The highest BCUT2D eigenvalue weighted by molar-refractivity contribution is 5.97. The first-order valence-corrected chi connectivity index (χ1v) is 8.22. The van der Waals surface area contributed by atoms with Gasteiger partial charge >= 0.3 is 0 Å². The van der Waals surface area contributed by atoms with Gasteiger partial charge in [0.2, 0.25) is 11.8 Å². The molecule has 0 bridgehead atoms. The second-order valence-corrected chi connectivity index (χ2v) is 8.32. The fourth-order valence-corrected chi connectivity index (χ4v) is 3.32. The average Bonchev–Trinajstić information content (AvgIpc) is 3.12. The molecule has 2 rings (SSSR count). The topological polar surface area (TPSA) is 49.4 Å². The van der Waals surface area contributed by atoms with Gasteiger partial charge in [-0.05, 0) is 36.0 Å². The van der Waals surface area contributed by atoms with Gasteiger partial charge in [-0.2, -0.15) is 0 Å². The number of nitrogens with one attached hydrogen (secondary N) is 1. The van der Waals surface area contributed by atoms with Crippen LogP contribution in [-0.4, -0.2) is 35.3 Å². The van der Waals surface area contributed by atoms with Crippen LogP contribution in [0.25, 0.3) is 0 Å². The van der Waals surface area contributed by atoms with E-state index in [9.17, 15) is 9.59 Å². The quantitative estimate of drug-likeness (QED) is 0.866. The molecule has 21 heavy (non-hydrogen) atoms. The lowest BCUT2D eigenvalue weighted by Gasteiger charge is -2.45. The summed E-state index contributed by atoms with van der Waals surface area (Å²) in [5, 5.41) is 2.96. The molecule has 0 spiro atoms. The third kappa shape index (κ3) is 3.09. The molecule has 0 aromatic carbocycles. The van der Waals surface area contributed by atoms with Gasteiger partial charge in [0.15, 0.2) is 0 Å². The van der Waals surface area contributed by atoms with E-state index in [1.807, 2.05) is 39.5 Å². The van der Waals surface area contributed by atoms with Crippen LogP contribution >= 0.6 is 0 Å². The van der Waals surface area contributed by atoms with Crippen LogP contribution in [0.3, 0.4) is 0 Å². The smallest absolute Gasteiger partial charge is 0.246 e. The van der Waals surface area contributed by atoms with Crippen LogP contribution in [0.4, 0.5) is 0 Å². The number of nitrogens with zero attached hydrogens (tertiary/aromatic N) is 1. The molecule has 2 fully saturated rings. The van der Waals surface area contributed by atoms with Gasteiger partial charge in [-0.3, -0.25) is 9.59 Å². The molecular formula is C17H30N2O2. The van der Waals surface area contributed by atoms with Gasteiger partial charge in [-0.1, -0.05) is 41.5 Å². The molecule has 2 unspecified atom stereocenters. The zero-order chi connectivity index (χ0) is 16.0. The van der Waals surface area contributed by atoms with E-state index in [4.69, 9.17) is 0 Å². The molecule has 0 radical (unpaired) electrons. The van der Waals surface area contributed by atoms with Crippen LogP contribution in [0.1, 0.15) is 60.8 Å². The highest BCUT2D eigenvalue weighted by Crippen LogP contribution is 2.50. The van der Waals surface area contributed by atoms with Crippen LogP contribution in [0.15, 0.2) is 0 Å². The predicted octanol–water partition coefficient (Wildman–Crippen LogP) is 2.57.